The fourth-order valence-corrected chi connectivity index (χ4v) is 3.36. The van der Waals surface area contributed by atoms with Crippen LogP contribution in [-0.2, 0) is 25.4 Å². The summed E-state index contributed by atoms with van der Waals surface area (Å²) in [5.41, 5.74) is -0.0812. The van der Waals surface area contributed by atoms with Gasteiger partial charge in [-0.15, -0.1) is 0 Å². The molecule has 0 N–H and O–H groups in total. The molecule has 2 aromatic rings. The van der Waals surface area contributed by atoms with Crippen LogP contribution >= 0.6 is 0 Å². The number of rotatable bonds is 3. The Bertz CT molecular complexity index is 891. The van der Waals surface area contributed by atoms with Crippen LogP contribution < -0.4 is 11.2 Å². The molecule has 0 aliphatic carbocycles. The van der Waals surface area contributed by atoms with Crippen LogP contribution in [0, 0.1) is 5.92 Å². The van der Waals surface area contributed by atoms with E-state index in [9.17, 15) is 14.4 Å². The highest BCUT2D eigenvalue weighted by Gasteiger charge is 2.21. The SMILES string of the molecule is CC1CCCN(C(=O)CCn2cnc3c2c(=O)n(C)c(=O)n3C)C1. The van der Waals surface area contributed by atoms with Crippen LogP contribution in [0.5, 0.6) is 0 Å². The molecular weight excluding hydrogens is 310 g/mol. The summed E-state index contributed by atoms with van der Waals surface area (Å²) in [6.07, 6.45) is 4.06. The number of imidazole rings is 1. The Kier molecular flexibility index (Phi) is 4.29. The van der Waals surface area contributed by atoms with Gasteiger partial charge in [0, 0.05) is 40.2 Å². The van der Waals surface area contributed by atoms with E-state index in [0.717, 1.165) is 24.1 Å². The lowest BCUT2D eigenvalue weighted by atomic mass is 10.00. The highest BCUT2D eigenvalue weighted by molar-refractivity contribution is 5.76. The van der Waals surface area contributed by atoms with E-state index in [4.69, 9.17) is 0 Å². The molecule has 0 bridgehead atoms. The van der Waals surface area contributed by atoms with Crippen molar-refractivity contribution in [1.29, 1.82) is 0 Å². The first-order valence-electron chi connectivity index (χ1n) is 8.28. The molecule has 3 rings (SSSR count). The summed E-state index contributed by atoms with van der Waals surface area (Å²) in [5.74, 6) is 0.642. The summed E-state index contributed by atoms with van der Waals surface area (Å²) in [4.78, 5) is 42.8. The highest BCUT2D eigenvalue weighted by Crippen LogP contribution is 2.16. The van der Waals surface area contributed by atoms with Crippen LogP contribution in [0.15, 0.2) is 15.9 Å². The average molecular weight is 333 g/mol. The number of fused-ring (bicyclic) bond motifs is 1. The Morgan fingerprint density at radius 2 is 2.04 bits per heavy atom. The maximum atomic E-state index is 12.4. The van der Waals surface area contributed by atoms with E-state index in [2.05, 4.69) is 11.9 Å². The molecule has 1 aliphatic rings. The zero-order valence-corrected chi connectivity index (χ0v) is 14.4. The summed E-state index contributed by atoms with van der Waals surface area (Å²) in [5, 5.41) is 0. The smallest absolute Gasteiger partial charge is 0.332 e. The first kappa shape index (κ1) is 16.5. The number of carbonyl (C=O) groups excluding carboxylic acids is 1. The number of amides is 1. The number of aryl methyl sites for hydroxylation is 2. The monoisotopic (exact) mass is 333 g/mol. The maximum absolute atomic E-state index is 12.4. The molecule has 0 radical (unpaired) electrons. The number of carbonyl (C=O) groups is 1. The van der Waals surface area contributed by atoms with Crippen molar-refractivity contribution in [2.45, 2.75) is 32.7 Å². The summed E-state index contributed by atoms with van der Waals surface area (Å²) in [7, 11) is 3.03. The minimum absolute atomic E-state index is 0.102. The van der Waals surface area contributed by atoms with Crippen LogP contribution in [0.3, 0.4) is 0 Å². The maximum Gasteiger partial charge on any atom is 0.332 e. The lowest BCUT2D eigenvalue weighted by Crippen LogP contribution is -2.39. The predicted octanol–water partition coefficient (Wildman–Crippen LogP) is 0.0823. The summed E-state index contributed by atoms with van der Waals surface area (Å²) < 4.78 is 4.08. The highest BCUT2D eigenvalue weighted by atomic mass is 16.2. The number of aromatic nitrogens is 4. The van der Waals surface area contributed by atoms with Crippen molar-refractivity contribution in [1.82, 2.24) is 23.6 Å². The third kappa shape index (κ3) is 2.76. The van der Waals surface area contributed by atoms with Gasteiger partial charge in [-0.3, -0.25) is 18.7 Å². The van der Waals surface area contributed by atoms with Gasteiger partial charge < -0.3 is 9.47 Å². The van der Waals surface area contributed by atoms with Gasteiger partial charge >= 0.3 is 5.69 Å². The second-order valence-corrected chi connectivity index (χ2v) is 6.65. The van der Waals surface area contributed by atoms with Crippen molar-refractivity contribution >= 4 is 17.1 Å². The number of nitrogens with zero attached hydrogens (tertiary/aromatic N) is 5. The lowest BCUT2D eigenvalue weighted by molar-refractivity contribution is -0.133. The Hall–Kier alpha value is -2.38. The van der Waals surface area contributed by atoms with E-state index >= 15 is 0 Å². The van der Waals surface area contributed by atoms with Gasteiger partial charge in [0.15, 0.2) is 11.2 Å². The Morgan fingerprint density at radius 1 is 1.29 bits per heavy atom. The van der Waals surface area contributed by atoms with E-state index < -0.39 is 5.69 Å². The molecule has 8 heteroatoms. The second-order valence-electron chi connectivity index (χ2n) is 6.65. The van der Waals surface area contributed by atoms with E-state index in [0.29, 0.717) is 30.0 Å². The predicted molar refractivity (Wildman–Crippen MR) is 89.8 cm³/mol. The van der Waals surface area contributed by atoms with Crippen molar-refractivity contribution in [2.75, 3.05) is 13.1 Å². The van der Waals surface area contributed by atoms with Crippen LogP contribution in [-0.4, -0.2) is 42.6 Å². The molecule has 1 aliphatic heterocycles. The number of piperidine rings is 1. The zero-order chi connectivity index (χ0) is 17.4. The molecule has 1 fully saturated rings. The van der Waals surface area contributed by atoms with Gasteiger partial charge in [0.2, 0.25) is 5.91 Å². The van der Waals surface area contributed by atoms with Gasteiger partial charge in [-0.2, -0.15) is 0 Å². The molecule has 1 unspecified atom stereocenters. The van der Waals surface area contributed by atoms with Crippen molar-refractivity contribution in [2.24, 2.45) is 20.0 Å². The normalized spacial score (nSPS) is 18.3. The van der Waals surface area contributed by atoms with Crippen LogP contribution in [0.1, 0.15) is 26.2 Å². The molecule has 8 nitrogen and oxygen atoms in total. The van der Waals surface area contributed by atoms with Crippen molar-refractivity contribution < 1.29 is 4.79 Å². The van der Waals surface area contributed by atoms with Crippen molar-refractivity contribution in [3.8, 4) is 0 Å². The van der Waals surface area contributed by atoms with Gasteiger partial charge in [-0.1, -0.05) is 6.92 Å². The Morgan fingerprint density at radius 3 is 2.75 bits per heavy atom. The lowest BCUT2D eigenvalue weighted by Gasteiger charge is -2.31. The minimum Gasteiger partial charge on any atom is -0.342 e. The molecule has 24 heavy (non-hydrogen) atoms. The Labute approximate surface area is 139 Å². The van der Waals surface area contributed by atoms with E-state index in [1.165, 1.54) is 24.4 Å². The number of likely N-dealkylation sites (tertiary alicyclic amines) is 1. The largest absolute Gasteiger partial charge is 0.342 e. The van der Waals surface area contributed by atoms with E-state index in [1.807, 2.05) is 4.90 Å². The van der Waals surface area contributed by atoms with E-state index in [1.54, 1.807) is 11.6 Å². The van der Waals surface area contributed by atoms with Gasteiger partial charge in [-0.25, -0.2) is 9.78 Å². The van der Waals surface area contributed by atoms with E-state index in [-0.39, 0.29) is 11.5 Å². The molecule has 0 spiro atoms. The molecule has 1 saturated heterocycles. The van der Waals surface area contributed by atoms with Crippen LogP contribution in [0.4, 0.5) is 0 Å². The quantitative estimate of drug-likeness (QED) is 0.797. The molecule has 1 atom stereocenters. The molecule has 0 saturated carbocycles. The molecule has 0 aromatic carbocycles. The first-order chi connectivity index (χ1) is 11.4. The van der Waals surface area contributed by atoms with Crippen LogP contribution in [0.2, 0.25) is 0 Å². The molecule has 130 valence electrons. The van der Waals surface area contributed by atoms with Gasteiger partial charge in [0.1, 0.15) is 0 Å². The Balaban J connectivity index is 1.83. The van der Waals surface area contributed by atoms with Gasteiger partial charge in [0.25, 0.3) is 5.56 Å². The topological polar surface area (TPSA) is 82.1 Å². The third-order valence-electron chi connectivity index (χ3n) is 4.79. The number of hydrogen-bond donors (Lipinski definition) is 0. The fraction of sp³-hybridized carbons (Fsp3) is 0.625. The van der Waals surface area contributed by atoms with Gasteiger partial charge in [-0.05, 0) is 18.8 Å². The van der Waals surface area contributed by atoms with Crippen LogP contribution in [0.25, 0.3) is 11.2 Å². The minimum atomic E-state index is -0.406. The summed E-state index contributed by atoms with van der Waals surface area (Å²) >= 11 is 0. The molecule has 3 heterocycles. The fourth-order valence-electron chi connectivity index (χ4n) is 3.36. The van der Waals surface area contributed by atoms with Crippen molar-refractivity contribution in [3.05, 3.63) is 27.2 Å². The standard InChI is InChI=1S/C16H23N5O3/c1-11-5-4-7-20(9-11)12(22)6-8-21-10-17-14-13(21)15(23)19(3)16(24)18(14)2/h10-11H,4-9H2,1-3H3. The molecule has 1 amide bonds. The summed E-state index contributed by atoms with van der Waals surface area (Å²) in [6, 6.07) is 0. The summed E-state index contributed by atoms with van der Waals surface area (Å²) in [6.45, 7) is 4.16. The van der Waals surface area contributed by atoms with Gasteiger partial charge in [0.05, 0.1) is 6.33 Å². The average Bonchev–Trinajstić information content (AvgIpc) is 3.00. The van der Waals surface area contributed by atoms with Crippen molar-refractivity contribution in [3.63, 3.8) is 0 Å². The molecule has 2 aromatic heterocycles. The number of hydrogen-bond acceptors (Lipinski definition) is 4. The zero-order valence-electron chi connectivity index (χ0n) is 14.4. The second kappa shape index (κ2) is 6.26. The third-order valence-corrected chi connectivity index (χ3v) is 4.79. The first-order valence-corrected chi connectivity index (χ1v) is 8.28. The molecular formula is C16H23N5O3.